The van der Waals surface area contributed by atoms with Crippen molar-refractivity contribution in [3.05, 3.63) is 64.7 Å². The van der Waals surface area contributed by atoms with Gasteiger partial charge in [0.25, 0.3) is 5.91 Å². The number of halogens is 1. The number of rotatable bonds is 8. The highest BCUT2D eigenvalue weighted by Crippen LogP contribution is 2.12. The second kappa shape index (κ2) is 9.69. The first-order valence-corrected chi connectivity index (χ1v) is 8.48. The van der Waals surface area contributed by atoms with Crippen molar-refractivity contribution >= 4 is 23.4 Å². The van der Waals surface area contributed by atoms with E-state index in [-0.39, 0.29) is 18.2 Å². The van der Waals surface area contributed by atoms with Crippen LogP contribution in [0.2, 0.25) is 5.02 Å². The van der Waals surface area contributed by atoms with Crippen LogP contribution in [0.15, 0.2) is 48.5 Å². The number of nitrogens with one attached hydrogen (secondary N) is 2. The molecule has 5 nitrogen and oxygen atoms in total. The van der Waals surface area contributed by atoms with E-state index in [0.29, 0.717) is 30.3 Å². The molecular formula is C19H21ClN2O3. The molecular weight excluding hydrogens is 340 g/mol. The van der Waals surface area contributed by atoms with Crippen LogP contribution in [-0.4, -0.2) is 31.5 Å². The lowest BCUT2D eigenvalue weighted by atomic mass is 10.1. The maximum Gasteiger partial charge on any atom is 0.251 e. The number of benzene rings is 2. The van der Waals surface area contributed by atoms with Crippen molar-refractivity contribution in [3.8, 4) is 5.75 Å². The van der Waals surface area contributed by atoms with Crippen LogP contribution in [0, 0.1) is 0 Å². The predicted octanol–water partition coefficient (Wildman–Crippen LogP) is 2.83. The highest BCUT2D eigenvalue weighted by Gasteiger charge is 2.06. The Morgan fingerprint density at radius 2 is 1.76 bits per heavy atom. The molecule has 0 aliphatic heterocycles. The van der Waals surface area contributed by atoms with Gasteiger partial charge in [-0.3, -0.25) is 9.59 Å². The van der Waals surface area contributed by atoms with Crippen molar-refractivity contribution < 1.29 is 14.3 Å². The van der Waals surface area contributed by atoms with Crippen molar-refractivity contribution in [3.63, 3.8) is 0 Å². The van der Waals surface area contributed by atoms with Gasteiger partial charge < -0.3 is 15.4 Å². The summed E-state index contributed by atoms with van der Waals surface area (Å²) in [7, 11) is 0. The van der Waals surface area contributed by atoms with Crippen LogP contribution in [0.4, 0.5) is 0 Å². The summed E-state index contributed by atoms with van der Waals surface area (Å²) in [4.78, 5) is 23.8. The van der Waals surface area contributed by atoms with Crippen molar-refractivity contribution in [1.29, 1.82) is 0 Å². The second-order valence-electron chi connectivity index (χ2n) is 5.37. The van der Waals surface area contributed by atoms with Gasteiger partial charge in [-0.25, -0.2) is 0 Å². The monoisotopic (exact) mass is 360 g/mol. The van der Waals surface area contributed by atoms with Gasteiger partial charge in [-0.05, 0) is 42.8 Å². The van der Waals surface area contributed by atoms with Crippen molar-refractivity contribution in [2.75, 3.05) is 19.7 Å². The predicted molar refractivity (Wildman–Crippen MR) is 98.1 cm³/mol. The van der Waals surface area contributed by atoms with E-state index in [1.165, 1.54) is 0 Å². The zero-order valence-corrected chi connectivity index (χ0v) is 14.8. The van der Waals surface area contributed by atoms with E-state index >= 15 is 0 Å². The Morgan fingerprint density at radius 3 is 2.44 bits per heavy atom. The summed E-state index contributed by atoms with van der Waals surface area (Å²) >= 11 is 5.85. The molecule has 0 saturated heterocycles. The maximum atomic E-state index is 11.9. The molecule has 25 heavy (non-hydrogen) atoms. The summed E-state index contributed by atoms with van der Waals surface area (Å²) in [5, 5.41) is 6.03. The minimum atomic E-state index is -0.219. The number of carbonyl (C=O) groups is 2. The fourth-order valence-electron chi connectivity index (χ4n) is 2.23. The van der Waals surface area contributed by atoms with Crippen LogP contribution in [0.5, 0.6) is 5.75 Å². The van der Waals surface area contributed by atoms with Gasteiger partial charge >= 0.3 is 0 Å². The first-order valence-electron chi connectivity index (χ1n) is 8.10. The first kappa shape index (κ1) is 18.8. The summed E-state index contributed by atoms with van der Waals surface area (Å²) in [6.07, 6.45) is 0.286. The number of hydrogen-bond donors (Lipinski definition) is 2. The van der Waals surface area contributed by atoms with Crippen molar-refractivity contribution in [2.45, 2.75) is 13.3 Å². The van der Waals surface area contributed by atoms with Crippen LogP contribution >= 0.6 is 11.6 Å². The second-order valence-corrected chi connectivity index (χ2v) is 5.81. The molecule has 0 atom stereocenters. The Labute approximate surface area is 152 Å². The molecule has 0 spiro atoms. The van der Waals surface area contributed by atoms with E-state index < -0.39 is 0 Å². The van der Waals surface area contributed by atoms with E-state index in [2.05, 4.69) is 10.6 Å². The van der Waals surface area contributed by atoms with E-state index in [1.807, 2.05) is 31.2 Å². The molecule has 6 heteroatoms. The molecule has 0 unspecified atom stereocenters. The van der Waals surface area contributed by atoms with Crippen LogP contribution in [-0.2, 0) is 11.2 Å². The Bertz CT molecular complexity index is 717. The largest absolute Gasteiger partial charge is 0.494 e. The minimum absolute atomic E-state index is 0.0961. The third-order valence-electron chi connectivity index (χ3n) is 3.42. The molecule has 0 aliphatic carbocycles. The summed E-state index contributed by atoms with van der Waals surface area (Å²) in [5.74, 6) is 0.472. The van der Waals surface area contributed by atoms with Crippen molar-refractivity contribution in [1.82, 2.24) is 10.6 Å². The van der Waals surface area contributed by atoms with Gasteiger partial charge in [-0.15, -0.1) is 0 Å². The Kier molecular flexibility index (Phi) is 7.29. The summed E-state index contributed by atoms with van der Waals surface area (Å²) in [6.45, 7) is 3.25. The van der Waals surface area contributed by atoms with Crippen LogP contribution in [0.25, 0.3) is 0 Å². The fraction of sp³-hybridized carbons (Fsp3) is 0.263. The molecule has 2 rings (SSSR count). The van der Waals surface area contributed by atoms with Crippen LogP contribution < -0.4 is 15.4 Å². The summed E-state index contributed by atoms with van der Waals surface area (Å²) in [5.41, 5.74) is 1.40. The van der Waals surface area contributed by atoms with Gasteiger partial charge in [-0.1, -0.05) is 29.8 Å². The zero-order valence-electron chi connectivity index (χ0n) is 14.0. The van der Waals surface area contributed by atoms with E-state index in [4.69, 9.17) is 16.3 Å². The van der Waals surface area contributed by atoms with Crippen LogP contribution in [0.1, 0.15) is 22.8 Å². The Morgan fingerprint density at radius 1 is 1.04 bits per heavy atom. The average Bonchev–Trinajstić information content (AvgIpc) is 2.60. The summed E-state index contributed by atoms with van der Waals surface area (Å²) < 4.78 is 5.36. The molecule has 0 aromatic heterocycles. The normalized spacial score (nSPS) is 10.2. The lowest BCUT2D eigenvalue weighted by molar-refractivity contribution is -0.120. The molecule has 2 N–H and O–H groups in total. The molecule has 2 amide bonds. The maximum absolute atomic E-state index is 11.9. The minimum Gasteiger partial charge on any atom is -0.494 e. The lowest BCUT2D eigenvalue weighted by Crippen LogP contribution is -2.35. The van der Waals surface area contributed by atoms with E-state index in [1.54, 1.807) is 24.3 Å². The molecule has 0 bridgehead atoms. The molecule has 2 aromatic rings. The highest BCUT2D eigenvalue weighted by molar-refractivity contribution is 6.30. The first-order chi connectivity index (χ1) is 12.1. The zero-order chi connectivity index (χ0) is 18.1. The standard InChI is InChI=1S/C19H21ClN2O3/c1-2-25-17-8-6-14(7-9-17)12-18(23)21-10-11-22-19(24)15-4-3-5-16(20)13-15/h3-9,13H,2,10-12H2,1H3,(H,21,23)(H,22,24). The lowest BCUT2D eigenvalue weighted by Gasteiger charge is -2.08. The third-order valence-corrected chi connectivity index (χ3v) is 3.65. The molecule has 0 radical (unpaired) electrons. The molecule has 132 valence electrons. The number of amides is 2. The third kappa shape index (κ3) is 6.47. The Balaban J connectivity index is 1.69. The van der Waals surface area contributed by atoms with Crippen molar-refractivity contribution in [2.24, 2.45) is 0 Å². The van der Waals surface area contributed by atoms with E-state index in [0.717, 1.165) is 11.3 Å². The highest BCUT2D eigenvalue weighted by atomic mass is 35.5. The van der Waals surface area contributed by atoms with E-state index in [9.17, 15) is 9.59 Å². The van der Waals surface area contributed by atoms with Gasteiger partial charge in [0.05, 0.1) is 13.0 Å². The molecule has 0 heterocycles. The van der Waals surface area contributed by atoms with Gasteiger partial charge in [0, 0.05) is 23.7 Å². The number of hydrogen-bond acceptors (Lipinski definition) is 3. The van der Waals surface area contributed by atoms with Gasteiger partial charge in [0.2, 0.25) is 5.91 Å². The quantitative estimate of drug-likeness (QED) is 0.711. The number of ether oxygens (including phenoxy) is 1. The Hall–Kier alpha value is -2.53. The SMILES string of the molecule is CCOc1ccc(CC(=O)NCCNC(=O)c2cccc(Cl)c2)cc1. The van der Waals surface area contributed by atoms with Gasteiger partial charge in [-0.2, -0.15) is 0 Å². The fourth-order valence-corrected chi connectivity index (χ4v) is 2.42. The molecule has 0 saturated carbocycles. The number of carbonyl (C=O) groups excluding carboxylic acids is 2. The average molecular weight is 361 g/mol. The van der Waals surface area contributed by atoms with Gasteiger partial charge in [0.1, 0.15) is 5.75 Å². The van der Waals surface area contributed by atoms with Crippen LogP contribution in [0.3, 0.4) is 0 Å². The molecule has 2 aromatic carbocycles. The molecule has 0 aliphatic rings. The smallest absolute Gasteiger partial charge is 0.251 e. The van der Waals surface area contributed by atoms with Gasteiger partial charge in [0.15, 0.2) is 0 Å². The summed E-state index contributed by atoms with van der Waals surface area (Å²) in [6, 6.07) is 14.1. The topological polar surface area (TPSA) is 67.4 Å². The molecule has 0 fully saturated rings.